The Hall–Kier alpha value is -1.31. The van der Waals surface area contributed by atoms with Crippen molar-refractivity contribution in [2.75, 3.05) is 0 Å². The van der Waals surface area contributed by atoms with Crippen LogP contribution in [0.3, 0.4) is 0 Å². The lowest BCUT2D eigenvalue weighted by atomic mass is 9.86. The molecule has 86 valence electrons. The highest BCUT2D eigenvalue weighted by atomic mass is 16.6. The first kappa shape index (κ1) is 11.2. The number of hydrogen-bond donors (Lipinski definition) is 0. The largest absolute Gasteiger partial charge is 0.392 e. The molecule has 2 heteroatoms. The Morgan fingerprint density at radius 3 is 2.25 bits per heavy atom. The van der Waals surface area contributed by atoms with Crippen LogP contribution in [0.25, 0.3) is 0 Å². The van der Waals surface area contributed by atoms with Gasteiger partial charge in [0.2, 0.25) is 0 Å². The van der Waals surface area contributed by atoms with E-state index in [1.807, 2.05) is 6.92 Å². The summed E-state index contributed by atoms with van der Waals surface area (Å²) < 4.78 is 0. The molecule has 16 heavy (non-hydrogen) atoms. The van der Waals surface area contributed by atoms with Crippen molar-refractivity contribution in [1.29, 1.82) is 0 Å². The molecular formula is C14H19NO. The fourth-order valence-electron chi connectivity index (χ4n) is 1.83. The molecule has 0 radical (unpaired) electrons. The van der Waals surface area contributed by atoms with Gasteiger partial charge >= 0.3 is 0 Å². The summed E-state index contributed by atoms with van der Waals surface area (Å²) in [7, 11) is 0. The number of benzene rings is 1. The quantitative estimate of drug-likeness (QED) is 0.705. The highest BCUT2D eigenvalue weighted by molar-refractivity contribution is 6.01. The molecule has 1 atom stereocenters. The van der Waals surface area contributed by atoms with Crippen LogP contribution in [0.1, 0.15) is 45.2 Å². The highest BCUT2D eigenvalue weighted by Crippen LogP contribution is 2.23. The lowest BCUT2D eigenvalue weighted by Crippen LogP contribution is -2.11. The Morgan fingerprint density at radius 2 is 1.81 bits per heavy atom. The van der Waals surface area contributed by atoms with Crippen molar-refractivity contribution in [1.82, 2.24) is 0 Å². The predicted octanol–water partition coefficient (Wildman–Crippen LogP) is 3.50. The lowest BCUT2D eigenvalue weighted by Gasteiger charge is -2.19. The summed E-state index contributed by atoms with van der Waals surface area (Å²) in [4.78, 5) is 5.21. The molecule has 0 amide bonds. The lowest BCUT2D eigenvalue weighted by molar-refractivity contribution is 0.0995. The fraction of sp³-hybridized carbons (Fsp3) is 0.500. The van der Waals surface area contributed by atoms with Crippen LogP contribution in [-0.2, 0) is 10.3 Å². The maximum atomic E-state index is 5.21. The number of oxime groups is 1. The topological polar surface area (TPSA) is 21.6 Å². The SMILES string of the molecule is CC1CC(c2ccc(C(C)(C)C)cc2)=NO1. The molecule has 2 nitrogen and oxygen atoms in total. The van der Waals surface area contributed by atoms with Gasteiger partial charge in [-0.15, -0.1) is 0 Å². The van der Waals surface area contributed by atoms with E-state index >= 15 is 0 Å². The Balaban J connectivity index is 2.20. The summed E-state index contributed by atoms with van der Waals surface area (Å²) in [5.41, 5.74) is 3.80. The molecule has 1 aromatic carbocycles. The molecule has 1 aliphatic heterocycles. The van der Waals surface area contributed by atoms with Crippen molar-refractivity contribution in [2.45, 2.75) is 45.6 Å². The Kier molecular flexibility index (Phi) is 2.75. The first-order valence-corrected chi connectivity index (χ1v) is 5.80. The molecule has 1 heterocycles. The third-order valence-electron chi connectivity index (χ3n) is 2.91. The molecule has 1 aromatic rings. The molecule has 0 N–H and O–H groups in total. The monoisotopic (exact) mass is 217 g/mol. The Bertz CT molecular complexity index is 398. The molecule has 0 bridgehead atoms. The third-order valence-corrected chi connectivity index (χ3v) is 2.91. The van der Waals surface area contributed by atoms with E-state index in [1.165, 1.54) is 11.1 Å². The summed E-state index contributed by atoms with van der Waals surface area (Å²) in [6, 6.07) is 8.64. The first-order valence-electron chi connectivity index (χ1n) is 5.80. The number of hydrogen-bond acceptors (Lipinski definition) is 2. The highest BCUT2D eigenvalue weighted by Gasteiger charge is 2.18. The van der Waals surface area contributed by atoms with Crippen molar-refractivity contribution in [2.24, 2.45) is 5.16 Å². The summed E-state index contributed by atoms with van der Waals surface area (Å²) in [6.07, 6.45) is 1.13. The smallest absolute Gasteiger partial charge is 0.130 e. The Morgan fingerprint density at radius 1 is 1.19 bits per heavy atom. The molecule has 0 aliphatic carbocycles. The number of rotatable bonds is 1. The van der Waals surface area contributed by atoms with E-state index < -0.39 is 0 Å². The van der Waals surface area contributed by atoms with Gasteiger partial charge in [0.25, 0.3) is 0 Å². The zero-order valence-corrected chi connectivity index (χ0v) is 10.4. The van der Waals surface area contributed by atoms with Crippen LogP contribution in [-0.4, -0.2) is 11.8 Å². The maximum absolute atomic E-state index is 5.21. The van der Waals surface area contributed by atoms with Crippen molar-refractivity contribution in [3.63, 3.8) is 0 Å². The molecule has 2 rings (SSSR count). The van der Waals surface area contributed by atoms with Gasteiger partial charge < -0.3 is 4.84 Å². The second-order valence-electron chi connectivity index (χ2n) is 5.49. The van der Waals surface area contributed by atoms with E-state index in [-0.39, 0.29) is 11.5 Å². The van der Waals surface area contributed by atoms with Gasteiger partial charge in [-0.05, 0) is 23.5 Å². The third kappa shape index (κ3) is 2.26. The van der Waals surface area contributed by atoms with Gasteiger partial charge in [-0.2, -0.15) is 0 Å². The van der Waals surface area contributed by atoms with Gasteiger partial charge in [-0.25, -0.2) is 0 Å². The van der Waals surface area contributed by atoms with Gasteiger partial charge in [0.1, 0.15) is 6.10 Å². The molecule has 0 aromatic heterocycles. The van der Waals surface area contributed by atoms with E-state index in [4.69, 9.17) is 4.84 Å². The van der Waals surface area contributed by atoms with Crippen molar-refractivity contribution in [3.05, 3.63) is 35.4 Å². The van der Waals surface area contributed by atoms with Crippen LogP contribution < -0.4 is 0 Å². The van der Waals surface area contributed by atoms with Crippen LogP contribution >= 0.6 is 0 Å². The van der Waals surface area contributed by atoms with Crippen LogP contribution in [0.5, 0.6) is 0 Å². The van der Waals surface area contributed by atoms with Gasteiger partial charge in [-0.3, -0.25) is 0 Å². The van der Waals surface area contributed by atoms with Crippen molar-refractivity contribution >= 4 is 5.71 Å². The number of nitrogens with zero attached hydrogens (tertiary/aromatic N) is 1. The second-order valence-corrected chi connectivity index (χ2v) is 5.49. The van der Waals surface area contributed by atoms with Gasteiger partial charge in [0, 0.05) is 6.42 Å². The standard InChI is InChI=1S/C14H19NO/c1-10-9-13(15-16-10)11-5-7-12(8-6-11)14(2,3)4/h5-8,10H,9H2,1-4H3. The summed E-state index contributed by atoms with van der Waals surface area (Å²) >= 11 is 0. The van der Waals surface area contributed by atoms with Crippen LogP contribution in [0.2, 0.25) is 0 Å². The maximum Gasteiger partial charge on any atom is 0.130 e. The minimum absolute atomic E-state index is 0.208. The van der Waals surface area contributed by atoms with E-state index in [2.05, 4.69) is 50.2 Å². The zero-order valence-electron chi connectivity index (χ0n) is 10.4. The summed E-state index contributed by atoms with van der Waals surface area (Å²) in [5, 5.41) is 4.10. The van der Waals surface area contributed by atoms with Crippen LogP contribution in [0.15, 0.2) is 29.4 Å². The van der Waals surface area contributed by atoms with Gasteiger partial charge in [0.05, 0.1) is 5.71 Å². The molecule has 0 spiro atoms. The normalized spacial score (nSPS) is 20.5. The van der Waals surface area contributed by atoms with Crippen LogP contribution in [0.4, 0.5) is 0 Å². The van der Waals surface area contributed by atoms with E-state index in [0.29, 0.717) is 0 Å². The Labute approximate surface area is 97.3 Å². The second kappa shape index (κ2) is 3.93. The van der Waals surface area contributed by atoms with Gasteiger partial charge in [-0.1, -0.05) is 50.2 Å². The van der Waals surface area contributed by atoms with E-state index in [9.17, 15) is 0 Å². The predicted molar refractivity (Wildman–Crippen MR) is 66.8 cm³/mol. The van der Waals surface area contributed by atoms with Crippen LogP contribution in [0, 0.1) is 0 Å². The average molecular weight is 217 g/mol. The summed E-state index contributed by atoms with van der Waals surface area (Å²) in [6.45, 7) is 8.71. The minimum atomic E-state index is 0.208. The molecule has 0 saturated heterocycles. The zero-order chi connectivity index (χ0) is 11.8. The first-order chi connectivity index (χ1) is 7.47. The molecule has 1 aliphatic rings. The average Bonchev–Trinajstić information content (AvgIpc) is 2.64. The molecule has 0 saturated carbocycles. The van der Waals surface area contributed by atoms with E-state index in [0.717, 1.165) is 12.1 Å². The van der Waals surface area contributed by atoms with Crippen molar-refractivity contribution < 1.29 is 4.84 Å². The minimum Gasteiger partial charge on any atom is -0.392 e. The van der Waals surface area contributed by atoms with E-state index in [1.54, 1.807) is 0 Å². The molecular weight excluding hydrogens is 198 g/mol. The van der Waals surface area contributed by atoms with Gasteiger partial charge in [0.15, 0.2) is 0 Å². The fourth-order valence-corrected chi connectivity index (χ4v) is 1.83. The summed E-state index contributed by atoms with van der Waals surface area (Å²) in [5.74, 6) is 0. The van der Waals surface area contributed by atoms with Crippen molar-refractivity contribution in [3.8, 4) is 0 Å². The molecule has 1 unspecified atom stereocenters. The molecule has 0 fully saturated rings.